The third kappa shape index (κ3) is 1.24. The lowest BCUT2D eigenvalue weighted by molar-refractivity contribution is 0.478. The fourth-order valence-electron chi connectivity index (χ4n) is 1.95. The predicted molar refractivity (Wildman–Crippen MR) is 46.7 cm³/mol. The molecule has 2 rings (SSSR count). The fourth-order valence-corrected chi connectivity index (χ4v) is 1.95. The number of nitrogens with one attached hydrogen (secondary N) is 1. The molecule has 0 bridgehead atoms. The van der Waals surface area contributed by atoms with Crippen molar-refractivity contribution >= 4 is 0 Å². The molecule has 1 N–H and O–H groups in total. The van der Waals surface area contributed by atoms with E-state index in [1.165, 1.54) is 19.3 Å². The Morgan fingerprint density at radius 2 is 2.33 bits per heavy atom. The highest BCUT2D eigenvalue weighted by Gasteiger charge is 2.46. The Kier molecular flexibility index (Phi) is 1.67. The van der Waals surface area contributed by atoms with Crippen LogP contribution in [-0.4, -0.2) is 15.4 Å². The Bertz CT molecular complexity index is 247. The van der Waals surface area contributed by atoms with Crippen molar-refractivity contribution in [2.45, 2.75) is 38.5 Å². The smallest absolute Gasteiger partial charge is 0.0886 e. The largest absolute Gasteiger partial charge is 0.198 e. The topological polar surface area (TPSA) is 41.6 Å². The number of H-pyrrole nitrogens is 1. The summed E-state index contributed by atoms with van der Waals surface area (Å²) >= 11 is 0. The highest BCUT2D eigenvalue weighted by molar-refractivity contribution is 5.20. The molecule has 3 nitrogen and oxygen atoms in total. The van der Waals surface area contributed by atoms with Crippen LogP contribution in [0.5, 0.6) is 0 Å². The molecule has 0 radical (unpaired) electrons. The van der Waals surface area contributed by atoms with E-state index in [4.69, 9.17) is 0 Å². The van der Waals surface area contributed by atoms with Gasteiger partial charge in [-0.15, -0.1) is 0 Å². The first-order valence-corrected chi connectivity index (χ1v) is 4.59. The molecule has 0 unspecified atom stereocenters. The molecule has 1 heterocycles. The van der Waals surface area contributed by atoms with E-state index in [0.29, 0.717) is 5.41 Å². The van der Waals surface area contributed by atoms with Gasteiger partial charge in [0.25, 0.3) is 0 Å². The van der Waals surface area contributed by atoms with Gasteiger partial charge >= 0.3 is 0 Å². The molecule has 0 amide bonds. The lowest BCUT2D eigenvalue weighted by Gasteiger charge is -2.13. The average molecular weight is 165 g/mol. The Labute approximate surface area is 72.6 Å². The Balaban J connectivity index is 2.12. The van der Waals surface area contributed by atoms with Crippen LogP contribution in [0.25, 0.3) is 0 Å². The Hall–Kier alpha value is -0.860. The second-order valence-corrected chi connectivity index (χ2v) is 4.23. The van der Waals surface area contributed by atoms with Gasteiger partial charge in [-0.25, -0.2) is 0 Å². The van der Waals surface area contributed by atoms with Crippen molar-refractivity contribution in [3.8, 4) is 0 Å². The van der Waals surface area contributed by atoms with Gasteiger partial charge in [0.2, 0.25) is 0 Å². The fraction of sp³-hybridized carbons (Fsp3) is 0.778. The lowest BCUT2D eigenvalue weighted by Crippen LogP contribution is -2.10. The van der Waals surface area contributed by atoms with Gasteiger partial charge in [0, 0.05) is 5.41 Å². The van der Waals surface area contributed by atoms with E-state index in [1.807, 2.05) is 6.20 Å². The van der Waals surface area contributed by atoms with E-state index >= 15 is 0 Å². The molecule has 1 aromatic rings. The minimum absolute atomic E-state index is 0.390. The molecule has 3 heteroatoms. The van der Waals surface area contributed by atoms with Crippen molar-refractivity contribution < 1.29 is 0 Å². The van der Waals surface area contributed by atoms with Gasteiger partial charge in [-0.3, -0.25) is 0 Å². The number of nitrogens with zero attached hydrogens (tertiary/aromatic N) is 2. The number of aromatic amines is 1. The van der Waals surface area contributed by atoms with Crippen molar-refractivity contribution in [3.63, 3.8) is 0 Å². The van der Waals surface area contributed by atoms with Crippen LogP contribution >= 0.6 is 0 Å². The molecule has 1 aromatic heterocycles. The highest BCUT2D eigenvalue weighted by atomic mass is 15.3. The van der Waals surface area contributed by atoms with Crippen LogP contribution < -0.4 is 0 Å². The molecule has 0 aliphatic heterocycles. The second kappa shape index (κ2) is 2.57. The summed E-state index contributed by atoms with van der Waals surface area (Å²) in [6.07, 6.45) is 5.70. The van der Waals surface area contributed by atoms with Crippen LogP contribution in [0.2, 0.25) is 0 Å². The molecule has 1 fully saturated rings. The van der Waals surface area contributed by atoms with E-state index < -0.39 is 0 Å². The molecule has 1 aliphatic carbocycles. The molecule has 0 spiro atoms. The highest BCUT2D eigenvalue weighted by Crippen LogP contribution is 2.51. The van der Waals surface area contributed by atoms with Gasteiger partial charge in [0.05, 0.1) is 11.9 Å². The first-order chi connectivity index (χ1) is 5.73. The zero-order valence-electron chi connectivity index (χ0n) is 7.67. The quantitative estimate of drug-likeness (QED) is 0.743. The SMILES string of the molecule is CC(C)CC1(c2cn[nH]n2)CC1. The molecule has 1 aliphatic rings. The molecular weight excluding hydrogens is 150 g/mol. The molecule has 1 saturated carbocycles. The summed E-state index contributed by atoms with van der Waals surface area (Å²) in [5.74, 6) is 0.754. The summed E-state index contributed by atoms with van der Waals surface area (Å²) in [4.78, 5) is 0. The summed E-state index contributed by atoms with van der Waals surface area (Å²) < 4.78 is 0. The summed E-state index contributed by atoms with van der Waals surface area (Å²) in [7, 11) is 0. The first-order valence-electron chi connectivity index (χ1n) is 4.59. The molecular formula is C9H15N3. The van der Waals surface area contributed by atoms with Crippen LogP contribution in [-0.2, 0) is 5.41 Å². The minimum Gasteiger partial charge on any atom is -0.198 e. The molecule has 12 heavy (non-hydrogen) atoms. The first kappa shape index (κ1) is 7.77. The lowest BCUT2D eigenvalue weighted by atomic mass is 9.92. The number of aromatic nitrogens is 3. The Morgan fingerprint density at radius 3 is 2.75 bits per heavy atom. The van der Waals surface area contributed by atoms with E-state index in [9.17, 15) is 0 Å². The maximum Gasteiger partial charge on any atom is 0.0886 e. The van der Waals surface area contributed by atoms with Crippen LogP contribution in [0.4, 0.5) is 0 Å². The van der Waals surface area contributed by atoms with E-state index in [-0.39, 0.29) is 0 Å². The molecule has 0 saturated heterocycles. The van der Waals surface area contributed by atoms with Gasteiger partial charge in [0.15, 0.2) is 0 Å². The van der Waals surface area contributed by atoms with Crippen molar-refractivity contribution in [2.75, 3.05) is 0 Å². The summed E-state index contributed by atoms with van der Waals surface area (Å²) in [5, 5.41) is 10.7. The van der Waals surface area contributed by atoms with Crippen molar-refractivity contribution in [1.29, 1.82) is 0 Å². The molecule has 0 atom stereocenters. The van der Waals surface area contributed by atoms with Gasteiger partial charge < -0.3 is 0 Å². The molecule has 66 valence electrons. The third-order valence-electron chi connectivity index (χ3n) is 2.61. The van der Waals surface area contributed by atoms with Crippen molar-refractivity contribution in [1.82, 2.24) is 15.4 Å². The maximum absolute atomic E-state index is 4.17. The summed E-state index contributed by atoms with van der Waals surface area (Å²) in [6.45, 7) is 4.53. The monoisotopic (exact) mass is 165 g/mol. The van der Waals surface area contributed by atoms with Gasteiger partial charge in [0.1, 0.15) is 0 Å². The van der Waals surface area contributed by atoms with E-state index in [0.717, 1.165) is 11.6 Å². The normalized spacial score (nSPS) is 19.9. The zero-order chi connectivity index (χ0) is 8.60. The Morgan fingerprint density at radius 1 is 1.58 bits per heavy atom. The van der Waals surface area contributed by atoms with Crippen molar-refractivity contribution in [3.05, 3.63) is 11.9 Å². The predicted octanol–water partition coefficient (Wildman–Crippen LogP) is 1.88. The van der Waals surface area contributed by atoms with Crippen LogP contribution in [0.1, 0.15) is 38.8 Å². The van der Waals surface area contributed by atoms with E-state index in [1.54, 1.807) is 0 Å². The van der Waals surface area contributed by atoms with Gasteiger partial charge in [-0.2, -0.15) is 15.4 Å². The average Bonchev–Trinajstić information content (AvgIpc) is 2.61. The summed E-state index contributed by atoms with van der Waals surface area (Å²) in [5.41, 5.74) is 1.55. The van der Waals surface area contributed by atoms with Gasteiger partial charge in [-0.1, -0.05) is 13.8 Å². The second-order valence-electron chi connectivity index (χ2n) is 4.23. The zero-order valence-corrected chi connectivity index (χ0v) is 7.67. The number of rotatable bonds is 3. The van der Waals surface area contributed by atoms with Crippen molar-refractivity contribution in [2.24, 2.45) is 5.92 Å². The van der Waals surface area contributed by atoms with Crippen LogP contribution in [0.15, 0.2) is 6.20 Å². The maximum atomic E-state index is 4.17. The van der Waals surface area contributed by atoms with Gasteiger partial charge in [-0.05, 0) is 25.2 Å². The minimum atomic E-state index is 0.390. The summed E-state index contributed by atoms with van der Waals surface area (Å²) in [6, 6.07) is 0. The number of hydrogen-bond donors (Lipinski definition) is 1. The standard InChI is InChI=1S/C9H15N3/c1-7(2)5-9(3-4-9)8-6-10-12-11-8/h6-7H,3-5H2,1-2H3,(H,10,11,12). The third-order valence-corrected chi connectivity index (χ3v) is 2.61. The number of hydrogen-bond acceptors (Lipinski definition) is 2. The molecule has 0 aromatic carbocycles. The van der Waals surface area contributed by atoms with Crippen LogP contribution in [0, 0.1) is 5.92 Å². The van der Waals surface area contributed by atoms with Crippen LogP contribution in [0.3, 0.4) is 0 Å². The van der Waals surface area contributed by atoms with E-state index in [2.05, 4.69) is 29.3 Å².